The molecule has 0 unspecified atom stereocenters. The molecule has 0 saturated carbocycles. The lowest BCUT2D eigenvalue weighted by atomic mass is 10.0. The van der Waals surface area contributed by atoms with Crippen molar-refractivity contribution < 1.29 is 19.1 Å². The number of likely N-dealkylation sites (tertiary alicyclic amines) is 1. The fourth-order valence-corrected chi connectivity index (χ4v) is 7.31. The summed E-state index contributed by atoms with van der Waals surface area (Å²) in [5.74, 6) is -0.734. The molecule has 2 aliphatic heterocycles. The second kappa shape index (κ2) is 13.6. The van der Waals surface area contributed by atoms with E-state index in [0.717, 1.165) is 24.1 Å². The van der Waals surface area contributed by atoms with Gasteiger partial charge in [0, 0.05) is 32.4 Å². The summed E-state index contributed by atoms with van der Waals surface area (Å²) in [6.07, 6.45) is 6.35. The van der Waals surface area contributed by atoms with E-state index in [0.29, 0.717) is 45.9 Å². The summed E-state index contributed by atoms with van der Waals surface area (Å²) in [5.41, 5.74) is 4.53. The van der Waals surface area contributed by atoms with Gasteiger partial charge in [-0.15, -0.1) is 11.3 Å². The molecule has 1 saturated heterocycles. The molecule has 2 aliphatic rings. The average molecular weight is 663 g/mol. The molecule has 4 amide bonds. The van der Waals surface area contributed by atoms with Crippen LogP contribution in [0.1, 0.15) is 53.1 Å². The molecule has 4 heterocycles. The van der Waals surface area contributed by atoms with Gasteiger partial charge in [0.15, 0.2) is 0 Å². The summed E-state index contributed by atoms with van der Waals surface area (Å²) in [4.78, 5) is 49.4. The van der Waals surface area contributed by atoms with Crippen molar-refractivity contribution in [3.05, 3.63) is 94.0 Å². The number of aromatic nitrogens is 1. The van der Waals surface area contributed by atoms with E-state index < -0.39 is 5.60 Å². The van der Waals surface area contributed by atoms with Crippen molar-refractivity contribution in [3.63, 3.8) is 0 Å². The zero-order valence-corrected chi connectivity index (χ0v) is 28.3. The highest BCUT2D eigenvalue weighted by atomic mass is 32.1. The lowest BCUT2D eigenvalue weighted by molar-refractivity contribution is -0.128. The number of nitrogens with zero attached hydrogens (tertiary/aromatic N) is 4. The number of benzene rings is 2. The number of ether oxygens (including phenoxy) is 1. The third-order valence-corrected chi connectivity index (χ3v) is 10.0. The average Bonchev–Trinajstić information content (AvgIpc) is 3.46. The molecular weight excluding hydrogens is 625 g/mol. The molecule has 6 rings (SSSR count). The number of amides is 4. The number of nitriles is 1. The summed E-state index contributed by atoms with van der Waals surface area (Å²) in [6.45, 7) is 6.30. The Labute approximate surface area is 284 Å². The van der Waals surface area contributed by atoms with Crippen LogP contribution in [0.25, 0.3) is 10.2 Å². The number of hydrogen-bond acceptors (Lipinski definition) is 7. The Morgan fingerprint density at radius 2 is 1.92 bits per heavy atom. The van der Waals surface area contributed by atoms with Crippen molar-refractivity contribution in [3.8, 4) is 6.07 Å². The summed E-state index contributed by atoms with van der Waals surface area (Å²) in [7, 11) is 1.52. The van der Waals surface area contributed by atoms with Crippen LogP contribution >= 0.6 is 11.3 Å². The third-order valence-electron chi connectivity index (χ3n) is 8.91. The number of rotatable bonds is 9. The predicted molar refractivity (Wildman–Crippen MR) is 188 cm³/mol. The number of carbonyl (C=O) groups excluding carboxylic acids is 3. The molecule has 11 heteroatoms. The monoisotopic (exact) mass is 662 g/mol. The van der Waals surface area contributed by atoms with E-state index in [1.54, 1.807) is 35.9 Å². The van der Waals surface area contributed by atoms with Crippen LogP contribution in [0.4, 0.5) is 21.9 Å². The van der Waals surface area contributed by atoms with Gasteiger partial charge >= 0.3 is 6.03 Å². The molecule has 10 nitrogen and oxygen atoms in total. The summed E-state index contributed by atoms with van der Waals surface area (Å²) in [5, 5.41) is 16.4. The highest BCUT2D eigenvalue weighted by Gasteiger charge is 2.35. The number of carbonyl (C=O) groups is 3. The smallest absolute Gasteiger partial charge is 0.331 e. The molecule has 1 fully saturated rings. The first kappa shape index (κ1) is 32.9. The molecule has 2 N–H and O–H groups in total. The summed E-state index contributed by atoms with van der Waals surface area (Å²) < 4.78 is 5.37. The Morgan fingerprint density at radius 1 is 1.15 bits per heavy atom. The van der Waals surface area contributed by atoms with Gasteiger partial charge in [-0.1, -0.05) is 42.5 Å². The largest absolute Gasteiger partial charge is 0.375 e. The van der Waals surface area contributed by atoms with Gasteiger partial charge in [-0.2, -0.15) is 5.26 Å². The number of nitrogens with one attached hydrogen (secondary N) is 2. The third kappa shape index (κ3) is 6.68. The molecule has 0 aliphatic carbocycles. The van der Waals surface area contributed by atoms with Gasteiger partial charge in [0.2, 0.25) is 0 Å². The highest BCUT2D eigenvalue weighted by molar-refractivity contribution is 7.21. The van der Waals surface area contributed by atoms with Crippen molar-refractivity contribution in [2.75, 3.05) is 30.4 Å². The van der Waals surface area contributed by atoms with Crippen molar-refractivity contribution in [2.24, 2.45) is 0 Å². The molecule has 246 valence electrons. The maximum Gasteiger partial charge on any atom is 0.331 e. The maximum atomic E-state index is 13.7. The normalized spacial score (nSPS) is 16.4. The van der Waals surface area contributed by atoms with Crippen molar-refractivity contribution in [1.29, 1.82) is 5.26 Å². The van der Waals surface area contributed by atoms with Crippen molar-refractivity contribution in [2.45, 2.75) is 58.1 Å². The van der Waals surface area contributed by atoms with E-state index >= 15 is 0 Å². The fraction of sp³-hybridized carbons (Fsp3) is 0.324. The van der Waals surface area contributed by atoms with Gasteiger partial charge in [-0.05, 0) is 81.4 Å². The van der Waals surface area contributed by atoms with Crippen molar-refractivity contribution in [1.82, 2.24) is 15.2 Å². The Balaban J connectivity index is 1.21. The second-order valence-electron chi connectivity index (χ2n) is 12.7. The van der Waals surface area contributed by atoms with Gasteiger partial charge in [0.05, 0.1) is 28.0 Å². The maximum absolute atomic E-state index is 13.7. The van der Waals surface area contributed by atoms with Crippen LogP contribution < -0.4 is 15.5 Å². The number of pyridine rings is 1. The zero-order valence-electron chi connectivity index (χ0n) is 27.5. The molecule has 0 spiro atoms. The Morgan fingerprint density at radius 3 is 2.65 bits per heavy atom. The zero-order chi connectivity index (χ0) is 34.0. The number of aryl methyl sites for hydroxylation is 3. The van der Waals surface area contributed by atoms with Crippen LogP contribution in [0.2, 0.25) is 0 Å². The first-order chi connectivity index (χ1) is 23.1. The lowest BCUT2D eigenvalue weighted by Gasteiger charge is -2.33. The van der Waals surface area contributed by atoms with Gasteiger partial charge in [-0.25, -0.2) is 9.78 Å². The van der Waals surface area contributed by atoms with E-state index in [1.807, 2.05) is 37.3 Å². The standard InChI is InChI=1S/C37H38N6O4S/c1-23-19-25(13-12-24-9-6-5-7-10-24)14-15-28(23)43-29-16-17-39-34-30(29)31(41-36(43)46)32(48-34)33(44)40-27-11-8-18-42(22-27)35(45)26(21-38)20-37(2,3)47-4/h5-7,9-10,14-17,19-20,27H,8,11-13,18,22H2,1-4H3,(H,40,44)(H,41,46)/b26-20+/t27-/m1/s1. The number of thiophene rings is 1. The molecule has 48 heavy (non-hydrogen) atoms. The predicted octanol–water partition coefficient (Wildman–Crippen LogP) is 6.67. The van der Waals surface area contributed by atoms with Crippen LogP contribution in [0.3, 0.4) is 0 Å². The summed E-state index contributed by atoms with van der Waals surface area (Å²) in [6, 6.07) is 19.6. The molecular formula is C37H38N6O4S. The summed E-state index contributed by atoms with van der Waals surface area (Å²) >= 11 is 1.22. The minimum atomic E-state index is -0.774. The minimum absolute atomic E-state index is 0.00527. The van der Waals surface area contributed by atoms with Gasteiger partial charge < -0.3 is 20.3 Å². The number of anilines is 3. The molecule has 1 atom stereocenters. The molecule has 2 aromatic carbocycles. The van der Waals surface area contributed by atoms with Crippen molar-refractivity contribution >= 4 is 56.5 Å². The second-order valence-corrected chi connectivity index (χ2v) is 13.7. The Kier molecular flexibility index (Phi) is 9.31. The minimum Gasteiger partial charge on any atom is -0.375 e. The number of hydrogen-bond donors (Lipinski definition) is 2. The van der Waals surface area contributed by atoms with E-state index in [2.05, 4.69) is 39.9 Å². The quantitative estimate of drug-likeness (QED) is 0.152. The first-order valence-corrected chi connectivity index (χ1v) is 16.8. The van der Waals surface area contributed by atoms with Gasteiger partial charge in [0.1, 0.15) is 21.3 Å². The van der Waals surface area contributed by atoms with Crippen LogP contribution in [0.15, 0.2) is 72.4 Å². The van der Waals surface area contributed by atoms with Gasteiger partial charge in [-0.3, -0.25) is 14.5 Å². The molecule has 4 aromatic rings. The van der Waals surface area contributed by atoms with Crippen LogP contribution in [-0.2, 0) is 22.4 Å². The van der Waals surface area contributed by atoms with E-state index in [4.69, 9.17) is 4.74 Å². The van der Waals surface area contributed by atoms with Crippen LogP contribution in [0.5, 0.6) is 0 Å². The fourth-order valence-electron chi connectivity index (χ4n) is 6.29. The first-order valence-electron chi connectivity index (χ1n) is 16.0. The number of piperidine rings is 1. The molecule has 0 radical (unpaired) electrons. The number of urea groups is 1. The topological polar surface area (TPSA) is 128 Å². The lowest BCUT2D eigenvalue weighted by Crippen LogP contribution is -2.50. The van der Waals surface area contributed by atoms with E-state index in [1.165, 1.54) is 35.6 Å². The SMILES string of the molecule is COC(C)(C)/C=C(\C#N)C(=O)N1CCC[C@@H](NC(=O)c2sc3nccc4c3c2NC(=O)N4c2ccc(CCc3ccccc3)cc2C)C1. The Hall–Kier alpha value is -5.05. The van der Waals surface area contributed by atoms with Gasteiger partial charge in [0.25, 0.3) is 11.8 Å². The van der Waals surface area contributed by atoms with Crippen LogP contribution in [0, 0.1) is 18.3 Å². The molecule has 0 bridgehead atoms. The van der Waals surface area contributed by atoms with Crippen LogP contribution in [-0.4, -0.2) is 59.6 Å². The van der Waals surface area contributed by atoms with E-state index in [-0.39, 0.29) is 36.0 Å². The Bertz CT molecular complexity index is 1960. The number of methoxy groups -OCH3 is 1. The highest BCUT2D eigenvalue weighted by Crippen LogP contribution is 2.46. The molecule has 2 aromatic heterocycles. The van der Waals surface area contributed by atoms with E-state index in [9.17, 15) is 19.6 Å².